The molecule has 0 spiro atoms. The zero-order valence-corrected chi connectivity index (χ0v) is 15.7. The number of hydrogen-bond acceptors (Lipinski definition) is 7. The van der Waals surface area contributed by atoms with Crippen LogP contribution in [0.3, 0.4) is 0 Å². The molecule has 0 radical (unpaired) electrons. The lowest BCUT2D eigenvalue weighted by Gasteiger charge is -2.20. The largest absolute Gasteiger partial charge is 0.444 e. The number of rotatable bonds is 5. The Morgan fingerprint density at radius 3 is 2.70 bits per heavy atom. The summed E-state index contributed by atoms with van der Waals surface area (Å²) in [5.74, 6) is 6.19. The maximum Gasteiger partial charge on any atom is 0.407 e. The van der Waals surface area contributed by atoms with Gasteiger partial charge in [-0.05, 0) is 26.8 Å². The summed E-state index contributed by atoms with van der Waals surface area (Å²) < 4.78 is 7.19. The first-order chi connectivity index (χ1) is 12.8. The van der Waals surface area contributed by atoms with Gasteiger partial charge in [-0.3, -0.25) is 4.84 Å². The van der Waals surface area contributed by atoms with E-state index >= 15 is 0 Å². The minimum absolute atomic E-state index is 0.106. The van der Waals surface area contributed by atoms with Crippen LogP contribution in [0.2, 0.25) is 0 Å². The quantitative estimate of drug-likeness (QED) is 0.584. The number of para-hydroxylation sites is 1. The zero-order valence-electron chi connectivity index (χ0n) is 15.7. The predicted molar refractivity (Wildman–Crippen MR) is 103 cm³/mol. The van der Waals surface area contributed by atoms with Crippen molar-refractivity contribution < 1.29 is 14.4 Å². The minimum Gasteiger partial charge on any atom is -0.444 e. The van der Waals surface area contributed by atoms with Gasteiger partial charge in [0.1, 0.15) is 23.5 Å². The first-order valence-corrected chi connectivity index (χ1v) is 8.62. The van der Waals surface area contributed by atoms with Crippen molar-refractivity contribution in [2.75, 3.05) is 12.3 Å². The number of nitrogens with one attached hydrogen (secondary N) is 1. The molecule has 0 saturated carbocycles. The highest BCUT2D eigenvalue weighted by molar-refractivity contribution is 6.06. The molecular weight excluding hydrogens is 348 g/mol. The number of imidazole rings is 1. The molecule has 9 heteroatoms. The fraction of sp³-hybridized carbons (Fsp3) is 0.389. The van der Waals surface area contributed by atoms with E-state index in [0.717, 1.165) is 16.4 Å². The van der Waals surface area contributed by atoms with Crippen LogP contribution in [-0.2, 0) is 22.7 Å². The van der Waals surface area contributed by atoms with Crippen molar-refractivity contribution in [1.29, 1.82) is 0 Å². The Morgan fingerprint density at radius 1 is 1.26 bits per heavy atom. The number of hydrogen-bond donors (Lipinski definition) is 3. The zero-order chi connectivity index (χ0) is 19.6. The molecule has 2 heterocycles. The predicted octanol–water partition coefficient (Wildman–Crippen LogP) is 2.08. The van der Waals surface area contributed by atoms with Gasteiger partial charge in [-0.15, -0.1) is 0 Å². The van der Waals surface area contributed by atoms with Gasteiger partial charge in [0, 0.05) is 18.5 Å². The second-order valence-electron chi connectivity index (χ2n) is 7.13. The maximum absolute atomic E-state index is 11.9. The topological polar surface area (TPSA) is 130 Å². The number of pyridine rings is 1. The molecule has 27 heavy (non-hydrogen) atoms. The van der Waals surface area contributed by atoms with Crippen LogP contribution in [0.25, 0.3) is 21.9 Å². The van der Waals surface area contributed by atoms with Gasteiger partial charge in [-0.25, -0.2) is 20.7 Å². The Bertz CT molecular complexity index is 977. The third-order valence-electron chi connectivity index (χ3n) is 3.91. The van der Waals surface area contributed by atoms with E-state index in [1.54, 1.807) is 0 Å². The van der Waals surface area contributed by atoms with E-state index in [2.05, 4.69) is 15.3 Å². The molecule has 0 saturated heterocycles. The highest BCUT2D eigenvalue weighted by atomic mass is 16.6. The summed E-state index contributed by atoms with van der Waals surface area (Å²) in [5, 5.41) is 3.66. The molecule has 0 bridgehead atoms. The average Bonchev–Trinajstić information content (AvgIpc) is 2.93. The Kier molecular flexibility index (Phi) is 5.15. The average molecular weight is 372 g/mol. The van der Waals surface area contributed by atoms with E-state index in [9.17, 15) is 4.79 Å². The number of ether oxygens (including phenoxy) is 1. The molecule has 9 nitrogen and oxygen atoms in total. The first-order valence-electron chi connectivity index (χ1n) is 8.62. The molecule has 1 aromatic carbocycles. The molecule has 0 atom stereocenters. The van der Waals surface area contributed by atoms with Gasteiger partial charge in [0.2, 0.25) is 0 Å². The van der Waals surface area contributed by atoms with Gasteiger partial charge >= 0.3 is 6.09 Å². The molecule has 3 aromatic rings. The van der Waals surface area contributed by atoms with E-state index in [1.807, 2.05) is 49.6 Å². The number of nitrogen functional groups attached to an aromatic ring is 1. The normalized spacial score (nSPS) is 11.9. The summed E-state index contributed by atoms with van der Waals surface area (Å²) in [7, 11) is 0. The molecule has 1 amide bonds. The van der Waals surface area contributed by atoms with Crippen molar-refractivity contribution in [2.45, 2.75) is 39.5 Å². The van der Waals surface area contributed by atoms with Gasteiger partial charge in [0.15, 0.2) is 5.82 Å². The van der Waals surface area contributed by atoms with E-state index in [0.29, 0.717) is 30.2 Å². The summed E-state index contributed by atoms with van der Waals surface area (Å²) >= 11 is 0. The number of aromatic nitrogens is 3. The lowest BCUT2D eigenvalue weighted by atomic mass is 10.2. The Balaban J connectivity index is 1.95. The van der Waals surface area contributed by atoms with Gasteiger partial charge in [0.05, 0.1) is 11.0 Å². The number of nitrogens with two attached hydrogens (primary N) is 2. The van der Waals surface area contributed by atoms with Gasteiger partial charge in [-0.2, -0.15) is 0 Å². The summed E-state index contributed by atoms with van der Waals surface area (Å²) in [6.07, 6.45) is -0.477. The molecule has 5 N–H and O–H groups in total. The first kappa shape index (κ1) is 18.9. The van der Waals surface area contributed by atoms with Crippen LogP contribution in [0, 0.1) is 0 Å². The fourth-order valence-electron chi connectivity index (χ4n) is 2.91. The van der Waals surface area contributed by atoms with Gasteiger partial charge in [0.25, 0.3) is 0 Å². The summed E-state index contributed by atoms with van der Waals surface area (Å²) in [6.45, 7) is 6.34. The smallest absolute Gasteiger partial charge is 0.407 e. The molecule has 0 fully saturated rings. The number of amides is 1. The molecule has 0 aliphatic carbocycles. The van der Waals surface area contributed by atoms with Crippen LogP contribution in [0.5, 0.6) is 0 Å². The number of benzene rings is 1. The third kappa shape index (κ3) is 4.09. The third-order valence-corrected chi connectivity index (χ3v) is 3.91. The van der Waals surface area contributed by atoms with Crippen LogP contribution >= 0.6 is 0 Å². The minimum atomic E-state index is -0.555. The summed E-state index contributed by atoms with van der Waals surface area (Å²) in [6, 6.07) is 7.67. The lowest BCUT2D eigenvalue weighted by molar-refractivity contribution is 0.0525. The van der Waals surface area contributed by atoms with Crippen LogP contribution in [0.4, 0.5) is 10.6 Å². The number of fused-ring (bicyclic) bond motifs is 3. The molecule has 0 aliphatic heterocycles. The van der Waals surface area contributed by atoms with Crippen molar-refractivity contribution in [3.05, 3.63) is 30.1 Å². The Morgan fingerprint density at radius 2 is 2.00 bits per heavy atom. The molecule has 2 aromatic heterocycles. The molecule has 144 valence electrons. The van der Waals surface area contributed by atoms with Crippen molar-refractivity contribution in [1.82, 2.24) is 19.9 Å². The molecular formula is C18H24N6O3. The molecule has 3 rings (SSSR count). The van der Waals surface area contributed by atoms with E-state index < -0.39 is 11.7 Å². The van der Waals surface area contributed by atoms with E-state index in [4.69, 9.17) is 21.2 Å². The van der Waals surface area contributed by atoms with E-state index in [-0.39, 0.29) is 6.61 Å². The van der Waals surface area contributed by atoms with Gasteiger partial charge in [-0.1, -0.05) is 18.2 Å². The van der Waals surface area contributed by atoms with Crippen LogP contribution in [0.1, 0.15) is 26.6 Å². The Hall–Kier alpha value is -2.91. The van der Waals surface area contributed by atoms with Crippen LogP contribution < -0.4 is 16.9 Å². The molecule has 0 aliphatic rings. The monoisotopic (exact) mass is 372 g/mol. The van der Waals surface area contributed by atoms with Crippen molar-refractivity contribution >= 4 is 33.8 Å². The number of nitrogens with zero attached hydrogens (tertiary/aromatic N) is 3. The Labute approximate surface area is 156 Å². The van der Waals surface area contributed by atoms with Crippen molar-refractivity contribution in [3.8, 4) is 0 Å². The second-order valence-corrected chi connectivity index (χ2v) is 7.13. The number of anilines is 1. The van der Waals surface area contributed by atoms with Crippen LogP contribution in [0.15, 0.2) is 24.3 Å². The summed E-state index contributed by atoms with van der Waals surface area (Å²) in [4.78, 5) is 25.6. The fourth-order valence-corrected chi connectivity index (χ4v) is 2.91. The lowest BCUT2D eigenvalue weighted by Crippen LogP contribution is -2.34. The van der Waals surface area contributed by atoms with Crippen LogP contribution in [-0.4, -0.2) is 32.8 Å². The van der Waals surface area contributed by atoms with E-state index in [1.165, 1.54) is 0 Å². The number of alkyl carbamates (subject to hydrolysis) is 1. The second kappa shape index (κ2) is 7.37. The van der Waals surface area contributed by atoms with Gasteiger partial charge < -0.3 is 20.4 Å². The SMILES string of the molecule is CC(C)(C)OC(=O)NCCn1c(CON)nc2c(N)nc3ccccc3c21. The van der Waals surface area contributed by atoms with Crippen molar-refractivity contribution in [3.63, 3.8) is 0 Å². The highest BCUT2D eigenvalue weighted by Gasteiger charge is 2.19. The number of carbonyl (C=O) groups excluding carboxylic acids is 1. The standard InChI is InChI=1S/C18H24N6O3/c1-18(2,3)27-17(25)21-8-9-24-13(10-26-20)23-14-15(24)11-6-4-5-7-12(11)22-16(14)19/h4-7H,8-10,20H2,1-3H3,(H2,19,22)(H,21,25). The van der Waals surface area contributed by atoms with Crippen molar-refractivity contribution in [2.24, 2.45) is 5.90 Å². The molecule has 0 unspecified atom stereocenters. The number of carbonyl (C=O) groups is 1. The maximum atomic E-state index is 11.9. The summed E-state index contributed by atoms with van der Waals surface area (Å²) in [5.41, 5.74) is 7.72. The highest BCUT2D eigenvalue weighted by Crippen LogP contribution is 2.28.